The zero-order chi connectivity index (χ0) is 11.7. The molecule has 0 radical (unpaired) electrons. The van der Waals surface area contributed by atoms with Crippen LogP contribution in [0.1, 0.15) is 12.8 Å². The van der Waals surface area contributed by atoms with Crippen molar-refractivity contribution in [1.29, 1.82) is 0 Å². The molecular weight excluding hydrogens is 218 g/mol. The summed E-state index contributed by atoms with van der Waals surface area (Å²) in [5.41, 5.74) is 5.16. The van der Waals surface area contributed by atoms with E-state index in [1.54, 1.807) is 0 Å². The largest absolute Gasteiger partial charge is 0.678 e. The van der Waals surface area contributed by atoms with Crippen LogP contribution in [-0.4, -0.2) is 49.3 Å². The van der Waals surface area contributed by atoms with Crippen LogP contribution in [0.4, 0.5) is 0 Å². The van der Waals surface area contributed by atoms with Crippen LogP contribution in [0.25, 0.3) is 0 Å². The van der Waals surface area contributed by atoms with Crippen LogP contribution < -0.4 is 5.73 Å². The quantitative estimate of drug-likeness (QED) is 0.437. The van der Waals surface area contributed by atoms with Gasteiger partial charge >= 0.3 is 9.05 Å². The third-order valence-electron chi connectivity index (χ3n) is 1.86. The molecule has 0 amide bonds. The van der Waals surface area contributed by atoms with Gasteiger partial charge in [0.1, 0.15) is 5.78 Å². The molecule has 90 valence electrons. The predicted octanol–water partition coefficient (Wildman–Crippen LogP) is -0.314. The molecule has 0 aliphatic carbocycles. The minimum atomic E-state index is -2.94. The zero-order valence-corrected chi connectivity index (χ0v) is 10.4. The Kier molecular flexibility index (Phi) is 7.75. The maximum absolute atomic E-state index is 10.9. The molecule has 0 rings (SSSR count). The molecule has 15 heavy (non-hydrogen) atoms. The second kappa shape index (κ2) is 7.91. The van der Waals surface area contributed by atoms with E-state index in [0.29, 0.717) is 19.4 Å². The van der Waals surface area contributed by atoms with Gasteiger partial charge in [-0.1, -0.05) is 0 Å². The lowest BCUT2D eigenvalue weighted by atomic mass is 10.2. The van der Waals surface area contributed by atoms with Crippen molar-refractivity contribution in [2.75, 3.05) is 34.5 Å². The van der Waals surface area contributed by atoms with Crippen LogP contribution >= 0.6 is 0 Å². The van der Waals surface area contributed by atoms with Crippen molar-refractivity contribution in [2.24, 2.45) is 5.73 Å². The Labute approximate surface area is 91.1 Å². The average molecular weight is 237 g/mol. The molecule has 2 N–H and O–H groups in total. The molecule has 0 bridgehead atoms. The third-order valence-corrected chi connectivity index (χ3v) is 3.91. The lowest BCUT2D eigenvalue weighted by Gasteiger charge is -2.22. The molecule has 0 spiro atoms. The third kappa shape index (κ3) is 5.35. The Morgan fingerprint density at radius 1 is 1.20 bits per heavy atom. The molecule has 0 aromatic heterocycles. The Morgan fingerprint density at radius 2 is 1.73 bits per heavy atom. The van der Waals surface area contributed by atoms with Crippen LogP contribution in [0.15, 0.2) is 0 Å². The molecular formula is C8H19NO5Si. The summed E-state index contributed by atoms with van der Waals surface area (Å²) in [5.74, 6) is 0.0121. The van der Waals surface area contributed by atoms with E-state index < -0.39 is 9.05 Å². The summed E-state index contributed by atoms with van der Waals surface area (Å²) in [4.78, 5) is 10.9. The van der Waals surface area contributed by atoms with Gasteiger partial charge in [0.2, 0.25) is 0 Å². The standard InChI is InChI=1S/C8H19NO5Si/c1-11-15(12-2,13-3)14-6-4-5-8(10)7-9/h4-7,9H2,1-3H3. The lowest BCUT2D eigenvalue weighted by Crippen LogP contribution is -2.46. The molecule has 0 aliphatic heterocycles. The number of carbonyl (C=O) groups excluding carboxylic acids is 1. The predicted molar refractivity (Wildman–Crippen MR) is 56.0 cm³/mol. The van der Waals surface area contributed by atoms with Gasteiger partial charge in [-0.2, -0.15) is 0 Å². The molecule has 0 atom stereocenters. The van der Waals surface area contributed by atoms with E-state index >= 15 is 0 Å². The molecule has 0 heterocycles. The van der Waals surface area contributed by atoms with Crippen molar-refractivity contribution in [3.05, 3.63) is 0 Å². The lowest BCUT2D eigenvalue weighted by molar-refractivity contribution is -0.118. The number of nitrogens with two attached hydrogens (primary N) is 1. The smallest absolute Gasteiger partial charge is 0.355 e. The van der Waals surface area contributed by atoms with Gasteiger partial charge in [-0.05, 0) is 6.42 Å². The molecule has 0 unspecified atom stereocenters. The van der Waals surface area contributed by atoms with Gasteiger partial charge in [-0.15, -0.1) is 0 Å². The van der Waals surface area contributed by atoms with E-state index in [1.807, 2.05) is 0 Å². The minimum Gasteiger partial charge on any atom is -0.355 e. The highest BCUT2D eigenvalue weighted by Crippen LogP contribution is 2.08. The number of hydrogen-bond donors (Lipinski definition) is 1. The summed E-state index contributed by atoms with van der Waals surface area (Å²) in [6.45, 7) is 0.425. The van der Waals surface area contributed by atoms with Gasteiger partial charge in [0, 0.05) is 34.4 Å². The average Bonchev–Trinajstić information content (AvgIpc) is 2.30. The van der Waals surface area contributed by atoms with Crippen molar-refractivity contribution < 1.29 is 22.5 Å². The number of rotatable bonds is 9. The van der Waals surface area contributed by atoms with Crippen LogP contribution in [0.3, 0.4) is 0 Å². The van der Waals surface area contributed by atoms with Crippen LogP contribution in [-0.2, 0) is 22.5 Å². The molecule has 7 heteroatoms. The van der Waals surface area contributed by atoms with Gasteiger partial charge in [0.05, 0.1) is 6.54 Å². The first-order chi connectivity index (χ1) is 7.14. The van der Waals surface area contributed by atoms with E-state index in [4.69, 9.17) is 23.4 Å². The van der Waals surface area contributed by atoms with Crippen molar-refractivity contribution in [3.63, 3.8) is 0 Å². The van der Waals surface area contributed by atoms with Gasteiger partial charge in [-0.3, -0.25) is 4.79 Å². The molecule has 0 saturated carbocycles. The first-order valence-corrected chi connectivity index (χ1v) is 6.28. The van der Waals surface area contributed by atoms with E-state index in [-0.39, 0.29) is 12.3 Å². The van der Waals surface area contributed by atoms with E-state index in [9.17, 15) is 4.79 Å². The summed E-state index contributed by atoms with van der Waals surface area (Å²) >= 11 is 0. The fourth-order valence-corrected chi connectivity index (χ4v) is 2.24. The van der Waals surface area contributed by atoms with Crippen LogP contribution in [0.5, 0.6) is 0 Å². The summed E-state index contributed by atoms with van der Waals surface area (Å²) in [5, 5.41) is 0. The van der Waals surface area contributed by atoms with Crippen LogP contribution in [0.2, 0.25) is 0 Å². The van der Waals surface area contributed by atoms with E-state index in [1.165, 1.54) is 21.3 Å². The van der Waals surface area contributed by atoms with Crippen molar-refractivity contribution in [1.82, 2.24) is 0 Å². The first-order valence-electron chi connectivity index (χ1n) is 4.65. The minimum absolute atomic E-state index is 0.0121. The summed E-state index contributed by atoms with van der Waals surface area (Å²) in [6, 6.07) is 0. The Bertz CT molecular complexity index is 178. The topological polar surface area (TPSA) is 80.0 Å². The zero-order valence-electron chi connectivity index (χ0n) is 9.45. The normalized spacial score (nSPS) is 11.7. The highest BCUT2D eigenvalue weighted by molar-refractivity contribution is 6.53. The van der Waals surface area contributed by atoms with Crippen molar-refractivity contribution in [2.45, 2.75) is 12.8 Å². The molecule has 0 aromatic carbocycles. The SMILES string of the molecule is CO[Si](OC)(OC)OCCCC(=O)CN. The number of ketones is 1. The Hall–Kier alpha value is -0.313. The highest BCUT2D eigenvalue weighted by Gasteiger charge is 2.41. The first kappa shape index (κ1) is 14.7. The number of carbonyl (C=O) groups is 1. The fraction of sp³-hybridized carbons (Fsp3) is 0.875. The van der Waals surface area contributed by atoms with E-state index in [2.05, 4.69) is 0 Å². The maximum Gasteiger partial charge on any atom is 0.678 e. The molecule has 0 aromatic rings. The highest BCUT2D eigenvalue weighted by atomic mass is 28.4. The van der Waals surface area contributed by atoms with Crippen molar-refractivity contribution >= 4 is 14.8 Å². The monoisotopic (exact) mass is 237 g/mol. The Balaban J connectivity index is 3.76. The summed E-state index contributed by atoms with van der Waals surface area (Å²) in [6.07, 6.45) is 0.985. The molecule has 6 nitrogen and oxygen atoms in total. The van der Waals surface area contributed by atoms with Crippen LogP contribution in [0, 0.1) is 0 Å². The fourth-order valence-electron chi connectivity index (χ4n) is 0.995. The van der Waals surface area contributed by atoms with E-state index in [0.717, 1.165) is 0 Å². The van der Waals surface area contributed by atoms with Crippen molar-refractivity contribution in [3.8, 4) is 0 Å². The Morgan fingerprint density at radius 3 is 2.13 bits per heavy atom. The number of hydrogen-bond acceptors (Lipinski definition) is 6. The second-order valence-electron chi connectivity index (χ2n) is 2.81. The molecule has 0 fully saturated rings. The van der Waals surface area contributed by atoms with Gasteiger partial charge < -0.3 is 23.4 Å². The molecule has 0 saturated heterocycles. The molecule has 0 aliphatic rings. The second-order valence-corrected chi connectivity index (χ2v) is 5.32. The summed E-state index contributed by atoms with van der Waals surface area (Å²) in [7, 11) is 1.45. The number of Topliss-reactive ketones (excluding diaryl/α,β-unsaturated/α-hetero) is 1. The maximum atomic E-state index is 10.9. The van der Waals surface area contributed by atoms with Gasteiger partial charge in [0.25, 0.3) is 0 Å². The van der Waals surface area contributed by atoms with Gasteiger partial charge in [-0.25, -0.2) is 0 Å². The summed E-state index contributed by atoms with van der Waals surface area (Å²) < 4.78 is 20.4. The van der Waals surface area contributed by atoms with Gasteiger partial charge in [0.15, 0.2) is 0 Å².